The van der Waals surface area contributed by atoms with Crippen LogP contribution in [0.1, 0.15) is 55.2 Å². The second kappa shape index (κ2) is 9.67. The molecule has 1 aromatic carbocycles. The van der Waals surface area contributed by atoms with Crippen molar-refractivity contribution in [3.05, 3.63) is 65.5 Å². The lowest BCUT2D eigenvalue weighted by molar-refractivity contribution is 0.384. The largest absolute Gasteiger partial charge is 0.360 e. The zero-order valence-electron chi connectivity index (χ0n) is 15.7. The SMILES string of the molecule is Cc1cccc(CN(Cc2cccnc2)C(=S)NC2CCCCCC2)c1. The van der Waals surface area contributed by atoms with E-state index in [-0.39, 0.29) is 0 Å². The zero-order valence-corrected chi connectivity index (χ0v) is 16.5. The summed E-state index contributed by atoms with van der Waals surface area (Å²) in [6.07, 6.45) is 11.5. The van der Waals surface area contributed by atoms with Crippen molar-refractivity contribution >= 4 is 17.3 Å². The first-order chi connectivity index (χ1) is 12.7. The van der Waals surface area contributed by atoms with Crippen LogP contribution in [0, 0.1) is 6.92 Å². The van der Waals surface area contributed by atoms with Crippen LogP contribution in [0.2, 0.25) is 0 Å². The summed E-state index contributed by atoms with van der Waals surface area (Å²) in [7, 11) is 0. The number of nitrogens with zero attached hydrogens (tertiary/aromatic N) is 2. The van der Waals surface area contributed by atoms with Gasteiger partial charge >= 0.3 is 0 Å². The molecule has 26 heavy (non-hydrogen) atoms. The van der Waals surface area contributed by atoms with Crippen LogP contribution in [0.3, 0.4) is 0 Å². The topological polar surface area (TPSA) is 28.2 Å². The Hall–Kier alpha value is -1.94. The summed E-state index contributed by atoms with van der Waals surface area (Å²) in [4.78, 5) is 6.53. The molecule has 1 N–H and O–H groups in total. The molecule has 1 saturated carbocycles. The Bertz CT molecular complexity index is 694. The van der Waals surface area contributed by atoms with Crippen molar-refractivity contribution in [3.8, 4) is 0 Å². The summed E-state index contributed by atoms with van der Waals surface area (Å²) < 4.78 is 0. The molecule has 0 radical (unpaired) electrons. The van der Waals surface area contributed by atoms with Crippen LogP contribution >= 0.6 is 12.2 Å². The van der Waals surface area contributed by atoms with Crippen LogP contribution in [-0.4, -0.2) is 21.0 Å². The molecule has 0 amide bonds. The van der Waals surface area contributed by atoms with E-state index in [0.717, 1.165) is 18.2 Å². The fourth-order valence-corrected chi connectivity index (χ4v) is 3.93. The smallest absolute Gasteiger partial charge is 0.169 e. The van der Waals surface area contributed by atoms with E-state index in [1.165, 1.54) is 55.2 Å². The first kappa shape index (κ1) is 18.8. The highest BCUT2D eigenvalue weighted by Crippen LogP contribution is 2.18. The number of thiocarbonyl (C=S) groups is 1. The summed E-state index contributed by atoms with van der Waals surface area (Å²) in [5, 5.41) is 4.51. The van der Waals surface area contributed by atoms with E-state index in [9.17, 15) is 0 Å². The normalized spacial score (nSPS) is 15.3. The van der Waals surface area contributed by atoms with Gasteiger partial charge in [-0.1, -0.05) is 61.6 Å². The van der Waals surface area contributed by atoms with Gasteiger partial charge in [0.15, 0.2) is 5.11 Å². The van der Waals surface area contributed by atoms with Crippen LogP contribution in [0.25, 0.3) is 0 Å². The quantitative estimate of drug-likeness (QED) is 0.595. The molecular formula is C22H29N3S. The summed E-state index contributed by atoms with van der Waals surface area (Å²) in [5.41, 5.74) is 3.76. The van der Waals surface area contributed by atoms with Gasteiger partial charge in [-0.15, -0.1) is 0 Å². The molecule has 1 aliphatic rings. The minimum absolute atomic E-state index is 0.513. The number of pyridine rings is 1. The van der Waals surface area contributed by atoms with Crippen molar-refractivity contribution in [2.45, 2.75) is 64.6 Å². The second-order valence-corrected chi connectivity index (χ2v) is 7.73. The van der Waals surface area contributed by atoms with Crippen LogP contribution in [-0.2, 0) is 13.1 Å². The molecule has 3 nitrogen and oxygen atoms in total. The third-order valence-corrected chi connectivity index (χ3v) is 5.40. The molecule has 0 aliphatic heterocycles. The van der Waals surface area contributed by atoms with E-state index >= 15 is 0 Å². The fraction of sp³-hybridized carbons (Fsp3) is 0.455. The fourth-order valence-electron chi connectivity index (χ4n) is 3.63. The molecule has 0 saturated heterocycles. The van der Waals surface area contributed by atoms with Crippen molar-refractivity contribution in [1.82, 2.24) is 15.2 Å². The molecule has 1 aliphatic carbocycles. The zero-order chi connectivity index (χ0) is 18.2. The van der Waals surface area contributed by atoms with Crippen molar-refractivity contribution in [2.24, 2.45) is 0 Å². The van der Waals surface area contributed by atoms with E-state index in [1.54, 1.807) is 0 Å². The molecule has 1 heterocycles. The number of nitrogens with one attached hydrogen (secondary N) is 1. The highest BCUT2D eigenvalue weighted by molar-refractivity contribution is 7.80. The average molecular weight is 368 g/mol. The number of rotatable bonds is 5. The number of aromatic nitrogens is 1. The molecule has 3 rings (SSSR count). The Morgan fingerprint density at radius 1 is 1.08 bits per heavy atom. The van der Waals surface area contributed by atoms with Gasteiger partial charge in [-0.2, -0.15) is 0 Å². The maximum Gasteiger partial charge on any atom is 0.169 e. The van der Waals surface area contributed by atoms with Crippen LogP contribution < -0.4 is 5.32 Å². The number of hydrogen-bond acceptors (Lipinski definition) is 2. The predicted molar refractivity (Wildman–Crippen MR) is 112 cm³/mol. The molecule has 4 heteroatoms. The summed E-state index contributed by atoms with van der Waals surface area (Å²) in [6, 6.07) is 13.3. The Morgan fingerprint density at radius 2 is 1.81 bits per heavy atom. The average Bonchev–Trinajstić information content (AvgIpc) is 2.91. The Morgan fingerprint density at radius 3 is 2.50 bits per heavy atom. The molecular weight excluding hydrogens is 338 g/mol. The molecule has 0 unspecified atom stereocenters. The van der Waals surface area contributed by atoms with Gasteiger partial charge < -0.3 is 10.2 Å². The van der Waals surface area contributed by atoms with Gasteiger partial charge in [0.2, 0.25) is 0 Å². The van der Waals surface area contributed by atoms with Crippen molar-refractivity contribution in [2.75, 3.05) is 0 Å². The van der Waals surface area contributed by atoms with Gasteiger partial charge in [0, 0.05) is 31.5 Å². The Balaban J connectivity index is 1.71. The lowest BCUT2D eigenvalue weighted by atomic mass is 10.1. The summed E-state index contributed by atoms with van der Waals surface area (Å²) in [6.45, 7) is 3.73. The molecule has 0 spiro atoms. The molecule has 0 atom stereocenters. The van der Waals surface area contributed by atoms with Crippen LogP contribution in [0.4, 0.5) is 0 Å². The van der Waals surface area contributed by atoms with E-state index in [2.05, 4.69) is 52.5 Å². The number of aryl methyl sites for hydroxylation is 1. The first-order valence-electron chi connectivity index (χ1n) is 9.70. The molecule has 0 bridgehead atoms. The minimum Gasteiger partial charge on any atom is -0.360 e. The van der Waals surface area contributed by atoms with Gasteiger partial charge in [-0.3, -0.25) is 4.98 Å². The van der Waals surface area contributed by atoms with Crippen LogP contribution in [0.5, 0.6) is 0 Å². The number of hydrogen-bond donors (Lipinski definition) is 1. The first-order valence-corrected chi connectivity index (χ1v) is 10.1. The van der Waals surface area contributed by atoms with E-state index in [4.69, 9.17) is 12.2 Å². The monoisotopic (exact) mass is 367 g/mol. The Labute approximate surface area is 162 Å². The van der Waals surface area contributed by atoms with Gasteiger partial charge in [-0.25, -0.2) is 0 Å². The lowest BCUT2D eigenvalue weighted by Gasteiger charge is -2.29. The molecule has 138 valence electrons. The predicted octanol–water partition coefficient (Wildman–Crippen LogP) is 4.99. The highest BCUT2D eigenvalue weighted by Gasteiger charge is 2.17. The lowest BCUT2D eigenvalue weighted by Crippen LogP contribution is -2.43. The maximum absolute atomic E-state index is 5.83. The second-order valence-electron chi connectivity index (χ2n) is 7.34. The third-order valence-electron chi connectivity index (χ3n) is 5.02. The van der Waals surface area contributed by atoms with Crippen molar-refractivity contribution < 1.29 is 0 Å². The number of benzene rings is 1. The Kier molecular flexibility index (Phi) is 7.01. The maximum atomic E-state index is 5.83. The van der Waals surface area contributed by atoms with Gasteiger partial charge in [0.1, 0.15) is 0 Å². The van der Waals surface area contributed by atoms with Gasteiger partial charge in [-0.05, 0) is 49.2 Å². The van der Waals surface area contributed by atoms with Gasteiger partial charge in [0.05, 0.1) is 0 Å². The molecule has 2 aromatic rings. The minimum atomic E-state index is 0.513. The highest BCUT2D eigenvalue weighted by atomic mass is 32.1. The third kappa shape index (κ3) is 5.80. The summed E-state index contributed by atoms with van der Waals surface area (Å²) >= 11 is 5.83. The van der Waals surface area contributed by atoms with Crippen molar-refractivity contribution in [1.29, 1.82) is 0 Å². The standard InChI is InChI=1S/C22H29N3S/c1-18-8-6-9-19(14-18)16-25(17-20-10-7-13-23-15-20)22(26)24-21-11-4-2-3-5-12-21/h6-10,13-15,21H,2-5,11-12,16-17H2,1H3,(H,24,26). The van der Waals surface area contributed by atoms with E-state index in [0.29, 0.717) is 6.04 Å². The van der Waals surface area contributed by atoms with Crippen LogP contribution in [0.15, 0.2) is 48.8 Å². The van der Waals surface area contributed by atoms with E-state index in [1.807, 2.05) is 18.5 Å². The molecule has 1 aromatic heterocycles. The van der Waals surface area contributed by atoms with Crippen molar-refractivity contribution in [3.63, 3.8) is 0 Å². The molecule has 1 fully saturated rings. The summed E-state index contributed by atoms with van der Waals surface area (Å²) in [5.74, 6) is 0. The van der Waals surface area contributed by atoms with E-state index < -0.39 is 0 Å². The van der Waals surface area contributed by atoms with Gasteiger partial charge in [0.25, 0.3) is 0 Å².